The lowest BCUT2D eigenvalue weighted by molar-refractivity contribution is 0.301. The van der Waals surface area contributed by atoms with E-state index in [9.17, 15) is 0 Å². The van der Waals surface area contributed by atoms with E-state index >= 15 is 0 Å². The lowest BCUT2D eigenvalue weighted by Gasteiger charge is -2.12. The van der Waals surface area contributed by atoms with Gasteiger partial charge in [0, 0.05) is 23.4 Å². The van der Waals surface area contributed by atoms with Gasteiger partial charge in [0.15, 0.2) is 0 Å². The maximum absolute atomic E-state index is 5.93. The summed E-state index contributed by atoms with van der Waals surface area (Å²) in [5, 5.41) is 0. The summed E-state index contributed by atoms with van der Waals surface area (Å²) < 4.78 is 8.75. The highest BCUT2D eigenvalue weighted by Crippen LogP contribution is 2.30. The first kappa shape index (κ1) is 13.0. The van der Waals surface area contributed by atoms with E-state index in [1.807, 2.05) is 29.8 Å². The second-order valence-electron chi connectivity index (χ2n) is 4.14. The minimum atomic E-state index is 0.644. The summed E-state index contributed by atoms with van der Waals surface area (Å²) in [4.78, 5) is 3.99. The van der Waals surface area contributed by atoms with Crippen molar-refractivity contribution in [3.8, 4) is 5.75 Å². The molecule has 18 heavy (non-hydrogen) atoms. The summed E-state index contributed by atoms with van der Waals surface area (Å²) in [7, 11) is 0. The summed E-state index contributed by atoms with van der Waals surface area (Å²) in [5.41, 5.74) is 7.65. The molecule has 2 N–H and O–H groups in total. The molecule has 1 aromatic heterocycles. The zero-order valence-electron chi connectivity index (χ0n) is 10.3. The lowest BCUT2D eigenvalue weighted by atomic mass is 10.2. The molecule has 0 aliphatic carbocycles. The molecular weight excluding hydrogens is 294 g/mol. The van der Waals surface area contributed by atoms with Gasteiger partial charge in [0.2, 0.25) is 0 Å². The third-order valence-corrected chi connectivity index (χ3v) is 3.09. The van der Waals surface area contributed by atoms with Gasteiger partial charge in [0.1, 0.15) is 5.75 Å². The second kappa shape index (κ2) is 5.91. The van der Waals surface area contributed by atoms with Gasteiger partial charge in [-0.15, -0.1) is 0 Å². The standard InChI is InChI=1S/C13H16BrN3O/c1-10-7-11(14)8-12(15)13(10)18-6-2-4-17-5-3-16-9-17/h3,5,7-9H,2,4,6,15H2,1H3. The Morgan fingerprint density at radius 3 is 2.94 bits per heavy atom. The Morgan fingerprint density at radius 2 is 2.28 bits per heavy atom. The van der Waals surface area contributed by atoms with Gasteiger partial charge in [0.25, 0.3) is 0 Å². The summed E-state index contributed by atoms with van der Waals surface area (Å²) in [5.74, 6) is 0.781. The SMILES string of the molecule is Cc1cc(Br)cc(N)c1OCCCn1ccnc1. The maximum atomic E-state index is 5.93. The van der Waals surface area contributed by atoms with Gasteiger partial charge < -0.3 is 15.0 Å². The highest BCUT2D eigenvalue weighted by molar-refractivity contribution is 9.10. The average Bonchev–Trinajstić information content (AvgIpc) is 2.79. The summed E-state index contributed by atoms with van der Waals surface area (Å²) in [6, 6.07) is 3.86. The Kier molecular flexibility index (Phi) is 4.25. The predicted octanol–water partition coefficient (Wildman–Crippen LogP) is 3.01. The highest BCUT2D eigenvalue weighted by Gasteiger charge is 2.06. The molecule has 4 nitrogen and oxygen atoms in total. The Balaban J connectivity index is 1.87. The molecule has 2 aromatic rings. The Labute approximate surface area is 115 Å². The van der Waals surface area contributed by atoms with E-state index in [1.54, 1.807) is 12.5 Å². The van der Waals surface area contributed by atoms with Crippen LogP contribution in [-0.4, -0.2) is 16.2 Å². The first-order valence-corrected chi connectivity index (χ1v) is 6.60. The van der Waals surface area contributed by atoms with Crippen molar-refractivity contribution in [1.29, 1.82) is 0 Å². The van der Waals surface area contributed by atoms with E-state index in [-0.39, 0.29) is 0 Å². The van der Waals surface area contributed by atoms with E-state index in [2.05, 4.69) is 20.9 Å². The molecule has 0 fully saturated rings. The van der Waals surface area contributed by atoms with Crippen LogP contribution in [0.3, 0.4) is 0 Å². The predicted molar refractivity (Wildman–Crippen MR) is 75.6 cm³/mol. The van der Waals surface area contributed by atoms with Crippen molar-refractivity contribution in [2.75, 3.05) is 12.3 Å². The quantitative estimate of drug-likeness (QED) is 0.682. The molecule has 0 amide bonds. The molecular formula is C13H16BrN3O. The fourth-order valence-corrected chi connectivity index (χ4v) is 2.38. The number of nitrogen functional groups attached to an aromatic ring is 1. The maximum Gasteiger partial charge on any atom is 0.145 e. The molecule has 0 spiro atoms. The van der Waals surface area contributed by atoms with Gasteiger partial charge in [-0.05, 0) is 31.0 Å². The normalized spacial score (nSPS) is 10.6. The largest absolute Gasteiger partial charge is 0.491 e. The van der Waals surface area contributed by atoms with Crippen molar-refractivity contribution >= 4 is 21.6 Å². The minimum absolute atomic E-state index is 0.644. The third-order valence-electron chi connectivity index (χ3n) is 2.63. The van der Waals surface area contributed by atoms with Gasteiger partial charge in [-0.2, -0.15) is 0 Å². The zero-order chi connectivity index (χ0) is 13.0. The van der Waals surface area contributed by atoms with Crippen molar-refractivity contribution in [3.63, 3.8) is 0 Å². The van der Waals surface area contributed by atoms with Crippen LogP contribution in [0.4, 0.5) is 5.69 Å². The number of aryl methyl sites for hydroxylation is 2. The average molecular weight is 310 g/mol. The van der Waals surface area contributed by atoms with Gasteiger partial charge in [-0.3, -0.25) is 0 Å². The number of benzene rings is 1. The van der Waals surface area contributed by atoms with E-state index in [0.717, 1.165) is 28.8 Å². The fraction of sp³-hybridized carbons (Fsp3) is 0.308. The summed E-state index contributed by atoms with van der Waals surface area (Å²) >= 11 is 3.41. The molecule has 5 heteroatoms. The summed E-state index contributed by atoms with van der Waals surface area (Å²) in [6.45, 7) is 3.53. The van der Waals surface area contributed by atoms with E-state index < -0.39 is 0 Å². The molecule has 0 bridgehead atoms. The Morgan fingerprint density at radius 1 is 1.44 bits per heavy atom. The zero-order valence-corrected chi connectivity index (χ0v) is 11.9. The first-order chi connectivity index (χ1) is 8.66. The van der Waals surface area contributed by atoms with Gasteiger partial charge in [0.05, 0.1) is 18.6 Å². The van der Waals surface area contributed by atoms with Crippen LogP contribution in [0.15, 0.2) is 35.3 Å². The molecule has 2 rings (SSSR count). The number of rotatable bonds is 5. The number of anilines is 1. The van der Waals surface area contributed by atoms with Crippen LogP contribution in [0.5, 0.6) is 5.75 Å². The molecule has 96 valence electrons. The highest BCUT2D eigenvalue weighted by atomic mass is 79.9. The number of halogens is 1. The van der Waals surface area contributed by atoms with Crippen LogP contribution in [-0.2, 0) is 6.54 Å². The topological polar surface area (TPSA) is 53.1 Å². The minimum Gasteiger partial charge on any atom is -0.491 e. The van der Waals surface area contributed by atoms with E-state index in [4.69, 9.17) is 10.5 Å². The Hall–Kier alpha value is -1.49. The molecule has 0 radical (unpaired) electrons. The van der Waals surface area contributed by atoms with Gasteiger partial charge in [-0.25, -0.2) is 4.98 Å². The van der Waals surface area contributed by atoms with Crippen LogP contribution < -0.4 is 10.5 Å². The number of aromatic nitrogens is 2. The number of nitrogens with zero attached hydrogens (tertiary/aromatic N) is 2. The molecule has 1 heterocycles. The number of hydrogen-bond acceptors (Lipinski definition) is 3. The molecule has 0 atom stereocenters. The van der Waals surface area contributed by atoms with Gasteiger partial charge >= 0.3 is 0 Å². The van der Waals surface area contributed by atoms with Crippen LogP contribution >= 0.6 is 15.9 Å². The summed E-state index contributed by atoms with van der Waals surface area (Å²) in [6.07, 6.45) is 6.45. The molecule has 0 unspecified atom stereocenters. The van der Waals surface area contributed by atoms with Crippen molar-refractivity contribution in [3.05, 3.63) is 40.9 Å². The fourth-order valence-electron chi connectivity index (χ4n) is 1.79. The second-order valence-corrected chi connectivity index (χ2v) is 5.06. The number of nitrogens with two attached hydrogens (primary N) is 1. The molecule has 0 aliphatic heterocycles. The van der Waals surface area contributed by atoms with E-state index in [1.165, 1.54) is 0 Å². The van der Waals surface area contributed by atoms with Crippen LogP contribution in [0, 0.1) is 6.92 Å². The number of ether oxygens (including phenoxy) is 1. The van der Waals surface area contributed by atoms with Crippen LogP contribution in [0.25, 0.3) is 0 Å². The van der Waals surface area contributed by atoms with Crippen molar-refractivity contribution < 1.29 is 4.74 Å². The van der Waals surface area contributed by atoms with Crippen LogP contribution in [0.2, 0.25) is 0 Å². The lowest BCUT2D eigenvalue weighted by Crippen LogP contribution is -2.05. The van der Waals surface area contributed by atoms with Crippen molar-refractivity contribution in [2.24, 2.45) is 0 Å². The smallest absolute Gasteiger partial charge is 0.145 e. The molecule has 0 aliphatic rings. The van der Waals surface area contributed by atoms with Crippen molar-refractivity contribution in [2.45, 2.75) is 19.9 Å². The van der Waals surface area contributed by atoms with E-state index in [0.29, 0.717) is 12.3 Å². The monoisotopic (exact) mass is 309 g/mol. The molecule has 1 aromatic carbocycles. The van der Waals surface area contributed by atoms with Crippen LogP contribution in [0.1, 0.15) is 12.0 Å². The number of hydrogen-bond donors (Lipinski definition) is 1. The Bertz CT molecular complexity index is 488. The third kappa shape index (κ3) is 3.26. The van der Waals surface area contributed by atoms with Crippen molar-refractivity contribution in [1.82, 2.24) is 9.55 Å². The number of imidazole rings is 1. The van der Waals surface area contributed by atoms with Gasteiger partial charge in [-0.1, -0.05) is 15.9 Å². The molecule has 0 saturated heterocycles. The first-order valence-electron chi connectivity index (χ1n) is 5.81. The molecule has 0 saturated carbocycles.